The fraction of sp³-hybridized carbons (Fsp3) is 0. The van der Waals surface area contributed by atoms with Gasteiger partial charge in [-0.25, -0.2) is 13.8 Å². The van der Waals surface area contributed by atoms with Gasteiger partial charge >= 0.3 is 5.76 Å². The van der Waals surface area contributed by atoms with Gasteiger partial charge in [0, 0.05) is 0 Å². The first kappa shape index (κ1) is 8.96. The molecule has 0 aliphatic rings. The van der Waals surface area contributed by atoms with E-state index >= 15 is 0 Å². The molecule has 0 amide bonds. The van der Waals surface area contributed by atoms with Crippen LogP contribution in [-0.4, -0.2) is 9.72 Å². The predicted molar refractivity (Wildman–Crippen MR) is 47.1 cm³/mol. The zero-order valence-corrected chi connectivity index (χ0v) is 7.53. The fourth-order valence-electron chi connectivity index (χ4n) is 1.01. The van der Waals surface area contributed by atoms with E-state index < -0.39 is 11.6 Å². The highest BCUT2D eigenvalue weighted by Gasteiger charge is 2.05. The van der Waals surface area contributed by atoms with Crippen LogP contribution in [0.15, 0.2) is 33.8 Å². The quantitative estimate of drug-likeness (QED) is 0.725. The minimum Gasteiger partial charge on any atom is -0.296 e. The van der Waals surface area contributed by atoms with Crippen molar-refractivity contribution in [2.75, 3.05) is 0 Å². The van der Waals surface area contributed by atoms with E-state index in [4.69, 9.17) is 11.6 Å². The molecule has 14 heavy (non-hydrogen) atoms. The van der Waals surface area contributed by atoms with Gasteiger partial charge in [-0.3, -0.25) is 4.52 Å². The first-order chi connectivity index (χ1) is 6.68. The summed E-state index contributed by atoms with van der Waals surface area (Å²) < 4.78 is 18.2. The summed E-state index contributed by atoms with van der Waals surface area (Å²) >= 11 is 5.54. The molecule has 0 N–H and O–H groups in total. The Bertz CT molecular complexity index is 520. The van der Waals surface area contributed by atoms with Gasteiger partial charge in [0.2, 0.25) is 0 Å². The summed E-state index contributed by atoms with van der Waals surface area (Å²) in [6, 6.07) is 3.88. The van der Waals surface area contributed by atoms with Crippen LogP contribution in [0.2, 0.25) is 5.02 Å². The van der Waals surface area contributed by atoms with Crippen molar-refractivity contribution in [3.8, 4) is 5.69 Å². The van der Waals surface area contributed by atoms with E-state index in [0.717, 1.165) is 10.6 Å². The molecule has 4 nitrogen and oxygen atoms in total. The molecule has 0 fully saturated rings. The molecule has 0 saturated carbocycles. The van der Waals surface area contributed by atoms with Gasteiger partial charge in [0.15, 0.2) is 0 Å². The number of nitrogens with zero attached hydrogens (tertiary/aromatic N) is 2. The van der Waals surface area contributed by atoms with Crippen molar-refractivity contribution in [3.63, 3.8) is 0 Å². The van der Waals surface area contributed by atoms with Gasteiger partial charge in [-0.05, 0) is 18.2 Å². The van der Waals surface area contributed by atoms with Crippen molar-refractivity contribution < 1.29 is 8.91 Å². The van der Waals surface area contributed by atoms with Gasteiger partial charge in [-0.15, -0.1) is 0 Å². The zero-order chi connectivity index (χ0) is 10.1. The van der Waals surface area contributed by atoms with Crippen molar-refractivity contribution in [1.82, 2.24) is 9.72 Å². The van der Waals surface area contributed by atoms with Crippen molar-refractivity contribution >= 4 is 11.6 Å². The molecule has 2 aromatic rings. The number of hydrogen-bond acceptors (Lipinski definition) is 3. The van der Waals surface area contributed by atoms with Crippen molar-refractivity contribution in [3.05, 3.63) is 45.9 Å². The highest BCUT2D eigenvalue weighted by molar-refractivity contribution is 6.30. The molecule has 0 aliphatic carbocycles. The van der Waals surface area contributed by atoms with E-state index in [9.17, 15) is 9.18 Å². The lowest BCUT2D eigenvalue weighted by Gasteiger charge is -1.99. The van der Waals surface area contributed by atoms with Crippen molar-refractivity contribution in [2.24, 2.45) is 0 Å². The Morgan fingerprint density at radius 3 is 2.86 bits per heavy atom. The van der Waals surface area contributed by atoms with Gasteiger partial charge in [0.1, 0.15) is 12.1 Å². The average molecular weight is 215 g/mol. The maximum Gasteiger partial charge on any atom is 0.446 e. The van der Waals surface area contributed by atoms with Crippen LogP contribution in [0.25, 0.3) is 5.69 Å². The molecule has 72 valence electrons. The number of aromatic nitrogens is 2. The van der Waals surface area contributed by atoms with Crippen LogP contribution in [-0.2, 0) is 0 Å². The summed E-state index contributed by atoms with van der Waals surface area (Å²) in [6.07, 6.45) is 1.19. The molecule has 1 aromatic carbocycles. The Kier molecular flexibility index (Phi) is 2.09. The molecule has 0 spiro atoms. The first-order valence-corrected chi connectivity index (χ1v) is 4.05. The summed E-state index contributed by atoms with van der Waals surface area (Å²) in [7, 11) is 0. The van der Waals surface area contributed by atoms with Gasteiger partial charge in [0.05, 0.1) is 10.7 Å². The lowest BCUT2D eigenvalue weighted by Crippen LogP contribution is -2.10. The van der Waals surface area contributed by atoms with Crippen molar-refractivity contribution in [2.45, 2.75) is 0 Å². The highest BCUT2D eigenvalue weighted by Crippen LogP contribution is 2.17. The molecule has 2 rings (SSSR count). The van der Waals surface area contributed by atoms with Crippen LogP contribution >= 0.6 is 11.6 Å². The SMILES string of the molecule is O=c1oncn1-c1ccc(F)c(Cl)c1. The van der Waals surface area contributed by atoms with E-state index in [1.54, 1.807) is 0 Å². The molecule has 0 aliphatic heterocycles. The largest absolute Gasteiger partial charge is 0.446 e. The van der Waals surface area contributed by atoms with Crippen LogP contribution in [0.4, 0.5) is 4.39 Å². The smallest absolute Gasteiger partial charge is 0.296 e. The van der Waals surface area contributed by atoms with Crippen LogP contribution < -0.4 is 5.76 Å². The Morgan fingerprint density at radius 2 is 2.29 bits per heavy atom. The fourth-order valence-corrected chi connectivity index (χ4v) is 1.19. The summed E-state index contributed by atoms with van der Waals surface area (Å²) in [5, 5.41) is 3.23. The Labute approximate surface area is 82.5 Å². The minimum atomic E-state index is -0.646. The average Bonchev–Trinajstić information content (AvgIpc) is 2.57. The van der Waals surface area contributed by atoms with E-state index in [1.807, 2.05) is 0 Å². The number of hydrogen-bond donors (Lipinski definition) is 0. The van der Waals surface area contributed by atoms with Gasteiger partial charge in [-0.1, -0.05) is 16.8 Å². The Balaban J connectivity index is 2.59. The molecule has 0 bridgehead atoms. The van der Waals surface area contributed by atoms with Crippen LogP contribution in [0, 0.1) is 5.82 Å². The second kappa shape index (κ2) is 3.26. The lowest BCUT2D eigenvalue weighted by atomic mass is 10.3. The Hall–Kier alpha value is -1.62. The number of benzene rings is 1. The summed E-state index contributed by atoms with van der Waals surface area (Å²) in [5.41, 5.74) is 0.405. The topological polar surface area (TPSA) is 48.0 Å². The van der Waals surface area contributed by atoms with E-state index in [1.165, 1.54) is 18.5 Å². The van der Waals surface area contributed by atoms with Gasteiger partial charge in [0.25, 0.3) is 0 Å². The molecule has 0 atom stereocenters. The van der Waals surface area contributed by atoms with Crippen molar-refractivity contribution in [1.29, 1.82) is 0 Å². The van der Waals surface area contributed by atoms with Gasteiger partial charge in [-0.2, -0.15) is 0 Å². The first-order valence-electron chi connectivity index (χ1n) is 3.67. The monoisotopic (exact) mass is 214 g/mol. The van der Waals surface area contributed by atoms with E-state index in [2.05, 4.69) is 9.68 Å². The van der Waals surface area contributed by atoms with Crippen LogP contribution in [0.5, 0.6) is 0 Å². The molecular weight excluding hydrogens is 211 g/mol. The zero-order valence-electron chi connectivity index (χ0n) is 6.78. The third-order valence-corrected chi connectivity index (χ3v) is 1.96. The molecule has 1 heterocycles. The lowest BCUT2D eigenvalue weighted by molar-refractivity contribution is 0.382. The van der Waals surface area contributed by atoms with Crippen LogP contribution in [0.3, 0.4) is 0 Å². The summed E-state index contributed by atoms with van der Waals surface area (Å²) in [6.45, 7) is 0. The second-order valence-corrected chi connectivity index (χ2v) is 2.95. The maximum atomic E-state index is 12.8. The summed E-state index contributed by atoms with van der Waals surface area (Å²) in [5.74, 6) is -1.19. The highest BCUT2D eigenvalue weighted by atomic mass is 35.5. The Morgan fingerprint density at radius 1 is 1.50 bits per heavy atom. The second-order valence-electron chi connectivity index (χ2n) is 2.55. The predicted octanol–water partition coefficient (Wildman–Crippen LogP) is 1.62. The number of halogens is 2. The normalized spacial score (nSPS) is 10.4. The maximum absolute atomic E-state index is 12.8. The third-order valence-electron chi connectivity index (χ3n) is 1.67. The molecule has 6 heteroatoms. The molecule has 0 saturated heterocycles. The molecule has 0 radical (unpaired) electrons. The van der Waals surface area contributed by atoms with E-state index in [-0.39, 0.29) is 5.02 Å². The number of rotatable bonds is 1. The van der Waals surface area contributed by atoms with E-state index in [0.29, 0.717) is 5.69 Å². The van der Waals surface area contributed by atoms with Gasteiger partial charge < -0.3 is 0 Å². The van der Waals surface area contributed by atoms with Crippen LogP contribution in [0.1, 0.15) is 0 Å². The third kappa shape index (κ3) is 1.42. The minimum absolute atomic E-state index is 0.0596. The molecule has 0 unspecified atom stereocenters. The summed E-state index contributed by atoms with van der Waals surface area (Å²) in [4.78, 5) is 11.0. The standard InChI is InChI=1S/C8H4ClFN2O2/c9-6-3-5(1-2-7(6)10)12-4-11-14-8(12)13/h1-4H. The molecular formula is C8H4ClFN2O2. The molecule has 1 aromatic heterocycles.